The van der Waals surface area contributed by atoms with E-state index in [4.69, 9.17) is 5.73 Å². The van der Waals surface area contributed by atoms with Gasteiger partial charge in [0.1, 0.15) is 5.75 Å². The number of phenols is 1. The standard InChI is InChI=1S/C19H15F3N6O2/c20-19(21,22)11-3-1-10(2-4-11)14-9-15(30)28-18(24-14)16(17(23)27-28)26-25-12-5-7-13(29)8-6-12/h1-8,14,24,29H,9H2,(H2,23,27). The highest BCUT2D eigenvalue weighted by atomic mass is 19.4. The summed E-state index contributed by atoms with van der Waals surface area (Å²) in [4.78, 5) is 12.5. The monoisotopic (exact) mass is 416 g/mol. The molecule has 4 rings (SSSR count). The van der Waals surface area contributed by atoms with Crippen LogP contribution in [0.1, 0.15) is 28.4 Å². The summed E-state index contributed by atoms with van der Waals surface area (Å²) in [7, 11) is 0. The minimum atomic E-state index is -4.44. The molecule has 0 saturated carbocycles. The number of nitrogen functional groups attached to an aromatic ring is 1. The van der Waals surface area contributed by atoms with E-state index in [9.17, 15) is 23.1 Å². The normalized spacial score (nSPS) is 16.5. The van der Waals surface area contributed by atoms with Gasteiger partial charge in [-0.25, -0.2) is 0 Å². The van der Waals surface area contributed by atoms with Crippen molar-refractivity contribution >= 4 is 28.9 Å². The van der Waals surface area contributed by atoms with E-state index >= 15 is 0 Å². The number of aromatic nitrogens is 2. The maximum absolute atomic E-state index is 12.8. The summed E-state index contributed by atoms with van der Waals surface area (Å²) in [6.45, 7) is 0. The Bertz CT molecular complexity index is 1120. The smallest absolute Gasteiger partial charge is 0.416 e. The molecule has 0 spiro atoms. The summed E-state index contributed by atoms with van der Waals surface area (Å²) < 4.78 is 39.4. The number of aromatic hydroxyl groups is 1. The van der Waals surface area contributed by atoms with Crippen molar-refractivity contribution in [3.05, 3.63) is 59.7 Å². The first-order valence-electron chi connectivity index (χ1n) is 8.78. The maximum Gasteiger partial charge on any atom is 0.416 e. The van der Waals surface area contributed by atoms with Gasteiger partial charge in [-0.05, 0) is 42.0 Å². The molecule has 2 aromatic carbocycles. The third-order valence-corrected chi connectivity index (χ3v) is 4.57. The summed E-state index contributed by atoms with van der Waals surface area (Å²) in [5, 5.41) is 24.4. The van der Waals surface area contributed by atoms with Crippen LogP contribution in [0.2, 0.25) is 0 Å². The number of carbonyl (C=O) groups excluding carboxylic acids is 1. The molecule has 1 atom stereocenters. The molecule has 0 amide bonds. The lowest BCUT2D eigenvalue weighted by molar-refractivity contribution is -0.137. The number of alkyl halides is 3. The zero-order chi connectivity index (χ0) is 21.5. The van der Waals surface area contributed by atoms with Gasteiger partial charge in [0, 0.05) is 0 Å². The molecule has 1 aliphatic rings. The van der Waals surface area contributed by atoms with Crippen LogP contribution in [0.25, 0.3) is 0 Å². The van der Waals surface area contributed by atoms with E-state index in [0.29, 0.717) is 11.3 Å². The third kappa shape index (κ3) is 3.69. The Labute approximate surface area is 167 Å². The number of halogens is 3. The average Bonchev–Trinajstić information content (AvgIpc) is 3.03. The number of carbonyl (C=O) groups is 1. The molecule has 1 aliphatic heterocycles. The molecule has 0 fully saturated rings. The van der Waals surface area contributed by atoms with Crippen molar-refractivity contribution in [3.63, 3.8) is 0 Å². The minimum Gasteiger partial charge on any atom is -0.508 e. The maximum atomic E-state index is 12.8. The van der Waals surface area contributed by atoms with Crippen molar-refractivity contribution in [2.24, 2.45) is 10.2 Å². The second-order valence-corrected chi connectivity index (χ2v) is 6.63. The molecule has 0 aliphatic carbocycles. The number of hydrogen-bond acceptors (Lipinski definition) is 7. The van der Waals surface area contributed by atoms with Gasteiger partial charge < -0.3 is 16.2 Å². The van der Waals surface area contributed by atoms with Crippen LogP contribution in [0.3, 0.4) is 0 Å². The van der Waals surface area contributed by atoms with Crippen molar-refractivity contribution in [1.82, 2.24) is 9.78 Å². The Morgan fingerprint density at radius 3 is 2.40 bits per heavy atom. The lowest BCUT2D eigenvalue weighted by Crippen LogP contribution is -2.28. The Kier molecular flexibility index (Phi) is 4.65. The molecule has 154 valence electrons. The van der Waals surface area contributed by atoms with E-state index in [1.54, 1.807) is 0 Å². The fraction of sp³-hybridized carbons (Fsp3) is 0.158. The zero-order valence-electron chi connectivity index (χ0n) is 15.3. The average molecular weight is 416 g/mol. The number of rotatable bonds is 3. The quantitative estimate of drug-likeness (QED) is 0.530. The van der Waals surface area contributed by atoms with Gasteiger partial charge in [-0.2, -0.15) is 23.0 Å². The van der Waals surface area contributed by atoms with Crippen LogP contribution in [0.4, 0.5) is 36.2 Å². The number of hydrogen-bond donors (Lipinski definition) is 3. The molecule has 4 N–H and O–H groups in total. The van der Waals surface area contributed by atoms with Gasteiger partial charge in [0.25, 0.3) is 5.91 Å². The first-order chi connectivity index (χ1) is 14.2. The number of nitrogens with zero attached hydrogens (tertiary/aromatic N) is 4. The van der Waals surface area contributed by atoms with Crippen molar-refractivity contribution in [2.45, 2.75) is 18.6 Å². The Hall–Kier alpha value is -3.89. The zero-order valence-corrected chi connectivity index (χ0v) is 15.3. The predicted octanol–water partition coefficient (Wildman–Crippen LogP) is 4.80. The molecule has 11 heteroatoms. The van der Waals surface area contributed by atoms with E-state index in [1.807, 2.05) is 0 Å². The molecule has 0 radical (unpaired) electrons. The molecule has 0 saturated heterocycles. The van der Waals surface area contributed by atoms with E-state index in [2.05, 4.69) is 20.6 Å². The molecule has 2 heterocycles. The van der Waals surface area contributed by atoms with Gasteiger partial charge >= 0.3 is 6.18 Å². The van der Waals surface area contributed by atoms with E-state index in [-0.39, 0.29) is 35.4 Å². The number of fused-ring (bicyclic) bond motifs is 1. The fourth-order valence-corrected chi connectivity index (χ4v) is 3.05. The Morgan fingerprint density at radius 2 is 1.77 bits per heavy atom. The van der Waals surface area contributed by atoms with Crippen LogP contribution in [0, 0.1) is 0 Å². The van der Waals surface area contributed by atoms with Crippen LogP contribution >= 0.6 is 0 Å². The largest absolute Gasteiger partial charge is 0.508 e. The Morgan fingerprint density at radius 1 is 1.10 bits per heavy atom. The van der Waals surface area contributed by atoms with Crippen LogP contribution in [-0.4, -0.2) is 20.8 Å². The molecule has 1 unspecified atom stereocenters. The van der Waals surface area contributed by atoms with E-state index in [0.717, 1.165) is 16.8 Å². The van der Waals surface area contributed by atoms with Gasteiger partial charge in [-0.3, -0.25) is 4.79 Å². The van der Waals surface area contributed by atoms with Crippen LogP contribution in [-0.2, 0) is 6.18 Å². The summed E-state index contributed by atoms with van der Waals surface area (Å²) >= 11 is 0. The highest BCUT2D eigenvalue weighted by Crippen LogP contribution is 2.39. The Balaban J connectivity index is 1.63. The van der Waals surface area contributed by atoms with Crippen molar-refractivity contribution in [3.8, 4) is 5.75 Å². The highest BCUT2D eigenvalue weighted by molar-refractivity contribution is 5.90. The molecular weight excluding hydrogens is 401 g/mol. The molecular formula is C19H15F3N6O2. The summed E-state index contributed by atoms with van der Waals surface area (Å²) in [5.41, 5.74) is 6.18. The number of phenolic OH excluding ortho intramolecular Hbond substituents is 1. The van der Waals surface area contributed by atoms with Crippen molar-refractivity contribution < 1.29 is 23.1 Å². The fourth-order valence-electron chi connectivity index (χ4n) is 3.05. The minimum absolute atomic E-state index is 0.0198. The first-order valence-corrected chi connectivity index (χ1v) is 8.78. The second kappa shape index (κ2) is 7.17. The molecule has 0 bridgehead atoms. The van der Waals surface area contributed by atoms with Gasteiger partial charge in [0.05, 0.1) is 23.7 Å². The lowest BCUT2D eigenvalue weighted by Gasteiger charge is -2.25. The van der Waals surface area contributed by atoms with Crippen LogP contribution in [0.5, 0.6) is 5.75 Å². The number of benzene rings is 2. The molecule has 3 aromatic rings. The van der Waals surface area contributed by atoms with Gasteiger partial charge in [0.2, 0.25) is 0 Å². The highest BCUT2D eigenvalue weighted by Gasteiger charge is 2.33. The number of anilines is 2. The lowest BCUT2D eigenvalue weighted by atomic mass is 10.0. The number of azo groups is 1. The number of nitrogens with one attached hydrogen (secondary N) is 1. The third-order valence-electron chi connectivity index (χ3n) is 4.57. The van der Waals surface area contributed by atoms with Crippen molar-refractivity contribution in [1.29, 1.82) is 0 Å². The van der Waals surface area contributed by atoms with E-state index in [1.165, 1.54) is 36.4 Å². The summed E-state index contributed by atoms with van der Waals surface area (Å²) in [6.07, 6.45) is -4.46. The second-order valence-electron chi connectivity index (χ2n) is 6.63. The first kappa shape index (κ1) is 19.4. The molecule has 8 nitrogen and oxygen atoms in total. The van der Waals surface area contributed by atoms with Crippen molar-refractivity contribution in [2.75, 3.05) is 11.1 Å². The van der Waals surface area contributed by atoms with Gasteiger partial charge in [0.15, 0.2) is 17.3 Å². The summed E-state index contributed by atoms with van der Waals surface area (Å²) in [6, 6.07) is 9.94. The van der Waals surface area contributed by atoms with Gasteiger partial charge in [-0.15, -0.1) is 10.2 Å². The SMILES string of the molecule is Nc1nn2c(c1N=Nc1ccc(O)cc1)NC(c1ccc(C(F)(F)F)cc1)CC2=O. The van der Waals surface area contributed by atoms with Gasteiger partial charge in [-0.1, -0.05) is 12.1 Å². The predicted molar refractivity (Wildman–Crippen MR) is 102 cm³/mol. The van der Waals surface area contributed by atoms with E-state index < -0.39 is 17.8 Å². The molecule has 1 aromatic heterocycles. The summed E-state index contributed by atoms with van der Waals surface area (Å²) in [5.74, 6) is -0.132. The van der Waals surface area contributed by atoms with Crippen LogP contribution in [0.15, 0.2) is 58.8 Å². The van der Waals surface area contributed by atoms with Crippen LogP contribution < -0.4 is 11.1 Å². The molecule has 30 heavy (non-hydrogen) atoms. The number of nitrogens with two attached hydrogens (primary N) is 1. The topological polar surface area (TPSA) is 118 Å².